The highest BCUT2D eigenvalue weighted by Gasteiger charge is 2.25. The van der Waals surface area contributed by atoms with Gasteiger partial charge in [-0.2, -0.15) is 0 Å². The SMILES string of the molecule is Cc1cc(C(O)C2CCCC2)c(C)cc1Br. The minimum Gasteiger partial charge on any atom is -0.388 e. The highest BCUT2D eigenvalue weighted by molar-refractivity contribution is 9.10. The maximum Gasteiger partial charge on any atom is 0.0820 e. The molecular weight excluding hydrogens is 264 g/mol. The van der Waals surface area contributed by atoms with Crippen LogP contribution in [0.4, 0.5) is 0 Å². The highest BCUT2D eigenvalue weighted by atomic mass is 79.9. The molecule has 2 rings (SSSR count). The molecule has 1 fully saturated rings. The fourth-order valence-corrected chi connectivity index (χ4v) is 3.11. The van der Waals surface area contributed by atoms with Crippen molar-refractivity contribution in [2.24, 2.45) is 5.92 Å². The lowest BCUT2D eigenvalue weighted by Gasteiger charge is -2.21. The third-order valence-corrected chi connectivity index (χ3v) is 4.57. The first-order valence-corrected chi connectivity index (χ1v) is 6.83. The van der Waals surface area contributed by atoms with Crippen LogP contribution in [-0.4, -0.2) is 5.11 Å². The van der Waals surface area contributed by atoms with E-state index in [1.54, 1.807) is 0 Å². The molecule has 1 aliphatic carbocycles. The number of hydrogen-bond donors (Lipinski definition) is 1. The summed E-state index contributed by atoms with van der Waals surface area (Å²) in [6.07, 6.45) is 4.63. The molecule has 2 heteroatoms. The smallest absolute Gasteiger partial charge is 0.0820 e. The van der Waals surface area contributed by atoms with E-state index < -0.39 is 0 Å². The van der Waals surface area contributed by atoms with Crippen molar-refractivity contribution in [3.8, 4) is 0 Å². The zero-order valence-corrected chi connectivity index (χ0v) is 11.5. The average molecular weight is 283 g/mol. The zero-order chi connectivity index (χ0) is 11.7. The van der Waals surface area contributed by atoms with E-state index in [2.05, 4.69) is 41.9 Å². The molecule has 1 aliphatic rings. The van der Waals surface area contributed by atoms with Gasteiger partial charge in [-0.3, -0.25) is 0 Å². The lowest BCUT2D eigenvalue weighted by molar-refractivity contribution is 0.111. The summed E-state index contributed by atoms with van der Waals surface area (Å²) in [5.41, 5.74) is 3.52. The molecule has 1 atom stereocenters. The molecular formula is C14H19BrO. The average Bonchev–Trinajstić information content (AvgIpc) is 2.75. The maximum atomic E-state index is 10.4. The van der Waals surface area contributed by atoms with Crippen molar-refractivity contribution in [3.05, 3.63) is 33.3 Å². The van der Waals surface area contributed by atoms with Crippen LogP contribution in [0, 0.1) is 19.8 Å². The highest BCUT2D eigenvalue weighted by Crippen LogP contribution is 2.37. The van der Waals surface area contributed by atoms with E-state index in [9.17, 15) is 5.11 Å². The number of hydrogen-bond acceptors (Lipinski definition) is 1. The molecule has 0 radical (unpaired) electrons. The van der Waals surface area contributed by atoms with Gasteiger partial charge in [0.25, 0.3) is 0 Å². The van der Waals surface area contributed by atoms with E-state index in [4.69, 9.17) is 0 Å². The van der Waals surface area contributed by atoms with Gasteiger partial charge in [0.15, 0.2) is 0 Å². The third kappa shape index (κ3) is 2.33. The first-order chi connectivity index (χ1) is 7.59. The molecule has 0 bridgehead atoms. The Morgan fingerprint density at radius 3 is 2.44 bits per heavy atom. The van der Waals surface area contributed by atoms with Crippen molar-refractivity contribution < 1.29 is 5.11 Å². The van der Waals surface area contributed by atoms with Crippen LogP contribution in [0.5, 0.6) is 0 Å². The van der Waals surface area contributed by atoms with Crippen LogP contribution in [0.2, 0.25) is 0 Å². The van der Waals surface area contributed by atoms with Crippen LogP contribution in [-0.2, 0) is 0 Å². The minimum absolute atomic E-state index is 0.269. The number of aliphatic hydroxyl groups is 1. The summed E-state index contributed by atoms with van der Waals surface area (Å²) < 4.78 is 1.13. The molecule has 0 heterocycles. The van der Waals surface area contributed by atoms with E-state index in [1.165, 1.54) is 36.8 Å². The molecule has 1 N–H and O–H groups in total. The predicted molar refractivity (Wildman–Crippen MR) is 70.5 cm³/mol. The van der Waals surface area contributed by atoms with Crippen LogP contribution < -0.4 is 0 Å². The van der Waals surface area contributed by atoms with Crippen molar-refractivity contribution in [1.82, 2.24) is 0 Å². The quantitative estimate of drug-likeness (QED) is 0.858. The van der Waals surface area contributed by atoms with E-state index in [-0.39, 0.29) is 6.10 Å². The van der Waals surface area contributed by atoms with Gasteiger partial charge >= 0.3 is 0 Å². The molecule has 0 amide bonds. The summed E-state index contributed by atoms with van der Waals surface area (Å²) in [6, 6.07) is 4.24. The van der Waals surface area contributed by atoms with E-state index >= 15 is 0 Å². The second-order valence-electron chi connectivity index (χ2n) is 4.95. The molecule has 1 aromatic rings. The number of aryl methyl sites for hydroxylation is 2. The van der Waals surface area contributed by atoms with Gasteiger partial charge in [-0.15, -0.1) is 0 Å². The zero-order valence-electron chi connectivity index (χ0n) is 9.96. The minimum atomic E-state index is -0.269. The Bertz CT molecular complexity index is 381. The molecule has 0 spiro atoms. The second-order valence-corrected chi connectivity index (χ2v) is 5.80. The number of rotatable bonds is 2. The monoisotopic (exact) mass is 282 g/mol. The van der Waals surface area contributed by atoms with Gasteiger partial charge in [0, 0.05) is 4.47 Å². The van der Waals surface area contributed by atoms with Crippen LogP contribution in [0.15, 0.2) is 16.6 Å². The van der Waals surface area contributed by atoms with Crippen molar-refractivity contribution >= 4 is 15.9 Å². The standard InChI is InChI=1S/C14H19BrO/c1-9-8-13(15)10(2)7-12(9)14(16)11-5-3-4-6-11/h7-8,11,14,16H,3-6H2,1-2H3. The molecule has 1 saturated carbocycles. The Morgan fingerprint density at radius 1 is 1.19 bits per heavy atom. The number of aliphatic hydroxyl groups excluding tert-OH is 1. The summed E-state index contributed by atoms with van der Waals surface area (Å²) in [6.45, 7) is 4.16. The number of halogens is 1. The summed E-state index contributed by atoms with van der Waals surface area (Å²) in [5.74, 6) is 0.472. The number of benzene rings is 1. The van der Waals surface area contributed by atoms with Crippen molar-refractivity contribution in [2.45, 2.75) is 45.6 Å². The fraction of sp³-hybridized carbons (Fsp3) is 0.571. The lowest BCUT2D eigenvalue weighted by Crippen LogP contribution is -2.10. The summed E-state index contributed by atoms with van der Waals surface area (Å²) in [5, 5.41) is 10.4. The van der Waals surface area contributed by atoms with Gasteiger partial charge in [0.05, 0.1) is 6.10 Å². The predicted octanol–water partition coefficient (Wildman–Crippen LogP) is 4.29. The van der Waals surface area contributed by atoms with Crippen LogP contribution in [0.3, 0.4) is 0 Å². The van der Waals surface area contributed by atoms with Gasteiger partial charge in [0.1, 0.15) is 0 Å². The van der Waals surface area contributed by atoms with E-state index in [1.807, 2.05) is 0 Å². The Hall–Kier alpha value is -0.340. The van der Waals surface area contributed by atoms with Crippen molar-refractivity contribution in [2.75, 3.05) is 0 Å². The van der Waals surface area contributed by atoms with Gasteiger partial charge in [-0.1, -0.05) is 34.8 Å². The molecule has 1 nitrogen and oxygen atoms in total. The third-order valence-electron chi connectivity index (χ3n) is 3.71. The Kier molecular flexibility index (Phi) is 3.70. The van der Waals surface area contributed by atoms with Crippen molar-refractivity contribution in [3.63, 3.8) is 0 Å². The Labute approximate surface area is 106 Å². The topological polar surface area (TPSA) is 20.2 Å². The summed E-state index contributed by atoms with van der Waals surface area (Å²) in [7, 11) is 0. The molecule has 0 aromatic heterocycles. The molecule has 0 saturated heterocycles. The first-order valence-electron chi connectivity index (χ1n) is 6.04. The second kappa shape index (κ2) is 4.89. The van der Waals surface area contributed by atoms with E-state index in [0.717, 1.165) is 10.0 Å². The van der Waals surface area contributed by atoms with Crippen LogP contribution >= 0.6 is 15.9 Å². The summed E-state index contributed by atoms with van der Waals surface area (Å²) >= 11 is 3.53. The van der Waals surface area contributed by atoms with Crippen LogP contribution in [0.1, 0.15) is 48.5 Å². The molecule has 1 unspecified atom stereocenters. The van der Waals surface area contributed by atoms with Gasteiger partial charge in [-0.05, 0) is 55.4 Å². The molecule has 16 heavy (non-hydrogen) atoms. The Balaban J connectivity index is 2.28. The van der Waals surface area contributed by atoms with Gasteiger partial charge in [0.2, 0.25) is 0 Å². The van der Waals surface area contributed by atoms with Gasteiger partial charge in [-0.25, -0.2) is 0 Å². The van der Waals surface area contributed by atoms with E-state index in [0.29, 0.717) is 5.92 Å². The fourth-order valence-electron chi connectivity index (χ4n) is 2.65. The normalized spacial score (nSPS) is 19.0. The summed E-state index contributed by atoms with van der Waals surface area (Å²) in [4.78, 5) is 0. The molecule has 1 aromatic carbocycles. The Morgan fingerprint density at radius 2 is 1.81 bits per heavy atom. The van der Waals surface area contributed by atoms with Crippen LogP contribution in [0.25, 0.3) is 0 Å². The first kappa shape index (κ1) is 12.1. The van der Waals surface area contributed by atoms with Crippen molar-refractivity contribution in [1.29, 1.82) is 0 Å². The van der Waals surface area contributed by atoms with Gasteiger partial charge < -0.3 is 5.11 Å². The lowest BCUT2D eigenvalue weighted by atomic mass is 9.91. The molecule has 88 valence electrons. The largest absolute Gasteiger partial charge is 0.388 e. The molecule has 0 aliphatic heterocycles. The maximum absolute atomic E-state index is 10.4.